The lowest BCUT2D eigenvalue weighted by atomic mass is 9.96. The number of amides is 2. The average Bonchev–Trinajstić information content (AvgIpc) is 2.31. The smallest absolute Gasteiger partial charge is 0.326 e. The van der Waals surface area contributed by atoms with Gasteiger partial charge in [0.15, 0.2) is 0 Å². The quantitative estimate of drug-likeness (QED) is 0.465. The first-order valence-electron chi connectivity index (χ1n) is 6.56. The Morgan fingerprint density at radius 3 is 2.10 bits per heavy atom. The highest BCUT2D eigenvalue weighted by Crippen LogP contribution is 2.12. The van der Waals surface area contributed by atoms with Crippen molar-refractivity contribution in [1.29, 1.82) is 0 Å². The molecule has 0 saturated heterocycles. The lowest BCUT2D eigenvalue weighted by molar-refractivity contribution is -0.147. The molecule has 0 aromatic carbocycles. The Labute approximate surface area is 122 Å². The van der Waals surface area contributed by atoms with Gasteiger partial charge in [0.05, 0.1) is 6.42 Å². The molecule has 2 amide bonds. The van der Waals surface area contributed by atoms with E-state index in [0.29, 0.717) is 13.0 Å². The lowest BCUT2D eigenvalue weighted by Gasteiger charge is -2.17. The topological polar surface area (TPSA) is 133 Å². The van der Waals surface area contributed by atoms with Crippen LogP contribution in [-0.2, 0) is 19.2 Å². The summed E-state index contributed by atoms with van der Waals surface area (Å²) in [5.74, 6) is -3.40. The maximum atomic E-state index is 11.5. The summed E-state index contributed by atoms with van der Waals surface area (Å²) in [7, 11) is 0. The molecule has 0 spiro atoms. The van der Waals surface area contributed by atoms with Crippen LogP contribution in [0.25, 0.3) is 0 Å². The first-order valence-corrected chi connectivity index (χ1v) is 6.56. The molecule has 0 rings (SSSR count). The number of rotatable bonds is 8. The summed E-state index contributed by atoms with van der Waals surface area (Å²) < 4.78 is 0. The van der Waals surface area contributed by atoms with Gasteiger partial charge in [0.25, 0.3) is 0 Å². The summed E-state index contributed by atoms with van der Waals surface area (Å²) >= 11 is 0. The first kappa shape index (κ1) is 18.9. The van der Waals surface area contributed by atoms with Crippen molar-refractivity contribution >= 4 is 23.8 Å². The van der Waals surface area contributed by atoms with Crippen molar-refractivity contribution < 1.29 is 29.4 Å². The molecule has 0 bridgehead atoms. The van der Waals surface area contributed by atoms with E-state index in [0.717, 1.165) is 0 Å². The molecule has 1 unspecified atom stereocenters. The zero-order valence-electron chi connectivity index (χ0n) is 12.4. The van der Waals surface area contributed by atoms with Crippen LogP contribution in [-0.4, -0.2) is 46.6 Å². The molecule has 8 nitrogen and oxygen atoms in total. The molecule has 0 fully saturated rings. The molecule has 1 atom stereocenters. The number of carbonyl (C=O) groups excluding carboxylic acids is 2. The minimum Gasteiger partial charge on any atom is -0.481 e. The number of aliphatic carboxylic acids is 2. The van der Waals surface area contributed by atoms with Crippen LogP contribution in [0.4, 0.5) is 0 Å². The van der Waals surface area contributed by atoms with Crippen molar-refractivity contribution in [3.63, 3.8) is 0 Å². The number of carboxylic acid groups (broad SMARTS) is 2. The van der Waals surface area contributed by atoms with E-state index >= 15 is 0 Å². The van der Waals surface area contributed by atoms with E-state index in [1.165, 1.54) is 0 Å². The Morgan fingerprint density at radius 2 is 1.67 bits per heavy atom. The highest BCUT2D eigenvalue weighted by atomic mass is 16.4. The van der Waals surface area contributed by atoms with Crippen molar-refractivity contribution in [2.24, 2.45) is 5.41 Å². The third kappa shape index (κ3) is 8.61. The van der Waals surface area contributed by atoms with Gasteiger partial charge < -0.3 is 20.8 Å². The van der Waals surface area contributed by atoms with Crippen molar-refractivity contribution in [1.82, 2.24) is 10.6 Å². The maximum Gasteiger partial charge on any atom is 0.326 e. The molecule has 0 heterocycles. The fourth-order valence-electron chi connectivity index (χ4n) is 1.36. The van der Waals surface area contributed by atoms with Crippen molar-refractivity contribution in [3.05, 3.63) is 0 Å². The van der Waals surface area contributed by atoms with Gasteiger partial charge >= 0.3 is 11.9 Å². The highest BCUT2D eigenvalue weighted by molar-refractivity contribution is 5.86. The predicted molar refractivity (Wildman–Crippen MR) is 73.5 cm³/mol. The largest absolute Gasteiger partial charge is 0.481 e. The molecular weight excluding hydrogens is 280 g/mol. The molecule has 0 aliphatic carbocycles. The van der Waals surface area contributed by atoms with Crippen LogP contribution in [0.15, 0.2) is 0 Å². The third-order valence-corrected chi connectivity index (χ3v) is 2.56. The number of carbonyl (C=O) groups is 4. The number of carboxylic acids is 2. The number of nitrogens with one attached hydrogen (secondary N) is 2. The van der Waals surface area contributed by atoms with Crippen molar-refractivity contribution in [2.45, 2.75) is 46.1 Å². The van der Waals surface area contributed by atoms with Crippen LogP contribution < -0.4 is 10.6 Å². The Morgan fingerprint density at radius 1 is 1.10 bits per heavy atom. The molecular formula is C13H22N2O6. The third-order valence-electron chi connectivity index (χ3n) is 2.56. The molecule has 0 radical (unpaired) electrons. The van der Waals surface area contributed by atoms with E-state index < -0.39 is 35.7 Å². The summed E-state index contributed by atoms with van der Waals surface area (Å²) in [6.45, 7) is 5.58. The maximum absolute atomic E-state index is 11.5. The van der Waals surface area contributed by atoms with E-state index in [1.54, 1.807) is 20.8 Å². The normalized spacial score (nSPS) is 12.3. The molecule has 21 heavy (non-hydrogen) atoms. The molecule has 4 N–H and O–H groups in total. The molecule has 8 heteroatoms. The van der Waals surface area contributed by atoms with Gasteiger partial charge in [-0.05, 0) is 6.42 Å². The summed E-state index contributed by atoms with van der Waals surface area (Å²) in [6, 6.07) is -1.45. The van der Waals surface area contributed by atoms with Gasteiger partial charge in [0.1, 0.15) is 6.04 Å². The van der Waals surface area contributed by atoms with E-state index in [4.69, 9.17) is 10.2 Å². The number of hydrogen-bond acceptors (Lipinski definition) is 4. The van der Waals surface area contributed by atoms with Crippen LogP contribution in [0.2, 0.25) is 0 Å². The van der Waals surface area contributed by atoms with Crippen molar-refractivity contribution in [3.8, 4) is 0 Å². The highest BCUT2D eigenvalue weighted by Gasteiger charge is 2.23. The zero-order valence-corrected chi connectivity index (χ0v) is 12.4. The van der Waals surface area contributed by atoms with Gasteiger partial charge in [0, 0.05) is 18.4 Å². The Kier molecular flexibility index (Phi) is 7.40. The number of hydrogen-bond donors (Lipinski definition) is 4. The fraction of sp³-hybridized carbons (Fsp3) is 0.692. The molecule has 120 valence electrons. The lowest BCUT2D eigenvalue weighted by Crippen LogP contribution is -2.42. The van der Waals surface area contributed by atoms with Crippen LogP contribution in [0.3, 0.4) is 0 Å². The van der Waals surface area contributed by atoms with Gasteiger partial charge in [-0.25, -0.2) is 4.79 Å². The second kappa shape index (κ2) is 8.23. The second-order valence-corrected chi connectivity index (χ2v) is 5.67. The molecule has 0 saturated carbocycles. The van der Waals surface area contributed by atoms with Crippen molar-refractivity contribution in [2.75, 3.05) is 6.54 Å². The van der Waals surface area contributed by atoms with Crippen LogP contribution in [0.5, 0.6) is 0 Å². The van der Waals surface area contributed by atoms with E-state index in [2.05, 4.69) is 10.6 Å². The SMILES string of the molecule is CC(C)(C)C(=O)NCCCC(=O)NC(CC(=O)O)C(=O)O. The van der Waals surface area contributed by atoms with E-state index in [1.807, 2.05) is 0 Å². The van der Waals surface area contributed by atoms with Crippen LogP contribution in [0, 0.1) is 5.41 Å². The van der Waals surface area contributed by atoms with Crippen LogP contribution >= 0.6 is 0 Å². The monoisotopic (exact) mass is 302 g/mol. The van der Waals surface area contributed by atoms with Gasteiger partial charge in [-0.1, -0.05) is 20.8 Å². The molecule has 0 aromatic rings. The van der Waals surface area contributed by atoms with Gasteiger partial charge in [-0.15, -0.1) is 0 Å². The van der Waals surface area contributed by atoms with Gasteiger partial charge in [0.2, 0.25) is 11.8 Å². The average molecular weight is 302 g/mol. The van der Waals surface area contributed by atoms with Crippen LogP contribution in [0.1, 0.15) is 40.0 Å². The fourth-order valence-corrected chi connectivity index (χ4v) is 1.36. The molecule has 0 aliphatic heterocycles. The van der Waals surface area contributed by atoms with E-state index in [9.17, 15) is 19.2 Å². The van der Waals surface area contributed by atoms with E-state index in [-0.39, 0.29) is 12.3 Å². The molecule has 0 aromatic heterocycles. The molecule has 0 aliphatic rings. The summed E-state index contributed by atoms with van der Waals surface area (Å²) in [4.78, 5) is 44.3. The second-order valence-electron chi connectivity index (χ2n) is 5.67. The van der Waals surface area contributed by atoms with Gasteiger partial charge in [-0.2, -0.15) is 0 Å². The zero-order chi connectivity index (χ0) is 16.6. The summed E-state index contributed by atoms with van der Waals surface area (Å²) in [5.41, 5.74) is -0.516. The standard InChI is InChI=1S/C13H22N2O6/c1-13(2,3)12(21)14-6-4-5-9(16)15-8(11(19)20)7-10(17)18/h8H,4-7H2,1-3H3,(H,14,21)(H,15,16)(H,17,18)(H,19,20). The first-order chi connectivity index (χ1) is 9.54. The Bertz CT molecular complexity index is 413. The minimum absolute atomic E-state index is 0.00776. The minimum atomic E-state index is -1.45. The van der Waals surface area contributed by atoms with Gasteiger partial charge in [-0.3, -0.25) is 14.4 Å². The summed E-state index contributed by atoms with van der Waals surface area (Å²) in [5, 5.41) is 22.1. The summed E-state index contributed by atoms with van der Waals surface area (Å²) in [6.07, 6.45) is -0.331. The Balaban J connectivity index is 4.07. The predicted octanol–water partition coefficient (Wildman–Crippen LogP) is -0.0270. The Hall–Kier alpha value is -2.12.